The van der Waals surface area contributed by atoms with Crippen molar-refractivity contribution in [1.29, 1.82) is 0 Å². The van der Waals surface area contributed by atoms with Crippen molar-refractivity contribution >= 4 is 17.3 Å². The van der Waals surface area contributed by atoms with Crippen molar-refractivity contribution in [2.24, 2.45) is 0 Å². The standard InChI is InChI=1S/C23H30N4O6/c1-31-14-15-33-22-17-20(27(29)30)19(16-21(22)32-2)23(28)24-8-9-25-10-12-26(13-11-25)18-6-4-3-5-7-18/h3-7,16-17H,8-15H2,1-2H3,(H,24,28). The highest BCUT2D eigenvalue weighted by Crippen LogP contribution is 2.34. The molecule has 1 aliphatic rings. The maximum Gasteiger partial charge on any atom is 0.286 e. The number of anilines is 1. The van der Waals surface area contributed by atoms with Crippen molar-refractivity contribution in [1.82, 2.24) is 10.2 Å². The molecule has 2 aromatic rings. The molecule has 0 aromatic heterocycles. The van der Waals surface area contributed by atoms with Crippen LogP contribution >= 0.6 is 0 Å². The summed E-state index contributed by atoms with van der Waals surface area (Å²) in [7, 11) is 2.95. The van der Waals surface area contributed by atoms with Crippen LogP contribution in [0.1, 0.15) is 10.4 Å². The lowest BCUT2D eigenvalue weighted by atomic mass is 10.1. The summed E-state index contributed by atoms with van der Waals surface area (Å²) in [5.74, 6) is -0.0839. The second-order valence-electron chi connectivity index (χ2n) is 7.54. The van der Waals surface area contributed by atoms with Gasteiger partial charge in [-0.15, -0.1) is 0 Å². The number of carbonyl (C=O) groups excluding carboxylic acids is 1. The van der Waals surface area contributed by atoms with Gasteiger partial charge in [-0.2, -0.15) is 0 Å². The summed E-state index contributed by atoms with van der Waals surface area (Å²) in [6.07, 6.45) is 0. The summed E-state index contributed by atoms with van der Waals surface area (Å²) >= 11 is 0. The topological polar surface area (TPSA) is 106 Å². The fourth-order valence-corrected chi connectivity index (χ4v) is 3.68. The van der Waals surface area contributed by atoms with Gasteiger partial charge in [0, 0.05) is 58.1 Å². The lowest BCUT2D eigenvalue weighted by Gasteiger charge is -2.36. The molecule has 0 spiro atoms. The molecule has 33 heavy (non-hydrogen) atoms. The zero-order valence-electron chi connectivity index (χ0n) is 19.0. The highest BCUT2D eigenvalue weighted by molar-refractivity contribution is 5.99. The van der Waals surface area contributed by atoms with E-state index < -0.39 is 10.8 Å². The molecule has 1 fully saturated rings. The van der Waals surface area contributed by atoms with Gasteiger partial charge < -0.3 is 24.4 Å². The summed E-state index contributed by atoms with van der Waals surface area (Å²) in [6.45, 7) is 5.15. The molecule has 0 aliphatic carbocycles. The fourth-order valence-electron chi connectivity index (χ4n) is 3.68. The molecular weight excluding hydrogens is 428 g/mol. The molecule has 1 N–H and O–H groups in total. The molecule has 0 atom stereocenters. The molecule has 0 radical (unpaired) electrons. The molecule has 0 unspecified atom stereocenters. The van der Waals surface area contributed by atoms with Gasteiger partial charge in [-0.25, -0.2) is 0 Å². The van der Waals surface area contributed by atoms with E-state index in [1.807, 2.05) is 18.2 Å². The van der Waals surface area contributed by atoms with Crippen LogP contribution in [0, 0.1) is 10.1 Å². The number of methoxy groups -OCH3 is 2. The maximum absolute atomic E-state index is 12.7. The van der Waals surface area contributed by atoms with Crippen molar-refractivity contribution in [3.05, 3.63) is 58.1 Å². The van der Waals surface area contributed by atoms with Gasteiger partial charge in [0.25, 0.3) is 11.6 Å². The number of nitro groups is 1. The number of ether oxygens (including phenoxy) is 3. The van der Waals surface area contributed by atoms with Gasteiger partial charge in [0.2, 0.25) is 0 Å². The first-order valence-electron chi connectivity index (χ1n) is 10.8. The molecule has 0 saturated carbocycles. The third-order valence-corrected chi connectivity index (χ3v) is 5.48. The normalized spacial score (nSPS) is 14.1. The number of nitro benzene ring substituents is 1. The first kappa shape index (κ1) is 24.3. The number of amides is 1. The molecule has 10 nitrogen and oxygen atoms in total. The molecule has 0 bridgehead atoms. The van der Waals surface area contributed by atoms with Crippen LogP contribution in [0.25, 0.3) is 0 Å². The van der Waals surface area contributed by atoms with Crippen molar-refractivity contribution in [2.75, 3.05) is 71.6 Å². The summed E-state index contributed by atoms with van der Waals surface area (Å²) in [6, 6.07) is 12.8. The number of carbonyl (C=O) groups is 1. The average molecular weight is 459 g/mol. The molecule has 10 heteroatoms. The Kier molecular flexibility index (Phi) is 8.85. The van der Waals surface area contributed by atoms with E-state index in [2.05, 4.69) is 27.2 Å². The first-order chi connectivity index (χ1) is 16.0. The number of hydrogen-bond acceptors (Lipinski definition) is 8. The van der Waals surface area contributed by atoms with Crippen LogP contribution in [0.3, 0.4) is 0 Å². The number of piperazine rings is 1. The zero-order valence-corrected chi connectivity index (χ0v) is 19.0. The van der Waals surface area contributed by atoms with E-state index in [4.69, 9.17) is 14.2 Å². The van der Waals surface area contributed by atoms with Crippen LogP contribution in [0.5, 0.6) is 11.5 Å². The number of nitrogens with one attached hydrogen (secondary N) is 1. The van der Waals surface area contributed by atoms with Crippen LogP contribution in [-0.2, 0) is 4.74 Å². The highest BCUT2D eigenvalue weighted by Gasteiger charge is 2.25. The molecule has 1 amide bonds. The molecule has 3 rings (SSSR count). The Morgan fingerprint density at radius 1 is 1.06 bits per heavy atom. The average Bonchev–Trinajstić information content (AvgIpc) is 2.84. The lowest BCUT2D eigenvalue weighted by Crippen LogP contribution is -2.48. The Balaban J connectivity index is 1.55. The van der Waals surface area contributed by atoms with Gasteiger partial charge in [-0.05, 0) is 12.1 Å². The van der Waals surface area contributed by atoms with E-state index in [9.17, 15) is 14.9 Å². The van der Waals surface area contributed by atoms with Crippen molar-refractivity contribution in [2.45, 2.75) is 0 Å². The summed E-state index contributed by atoms with van der Waals surface area (Å²) < 4.78 is 15.7. The Hall–Kier alpha value is -3.37. The second-order valence-corrected chi connectivity index (χ2v) is 7.54. The van der Waals surface area contributed by atoms with Gasteiger partial charge in [-0.3, -0.25) is 19.8 Å². The Bertz CT molecular complexity index is 932. The number of rotatable bonds is 11. The highest BCUT2D eigenvalue weighted by atomic mass is 16.6. The van der Waals surface area contributed by atoms with Gasteiger partial charge >= 0.3 is 0 Å². The monoisotopic (exact) mass is 458 g/mol. The van der Waals surface area contributed by atoms with Gasteiger partial charge in [0.1, 0.15) is 12.2 Å². The number of hydrogen-bond donors (Lipinski definition) is 1. The first-order valence-corrected chi connectivity index (χ1v) is 10.8. The molecule has 1 saturated heterocycles. The van der Waals surface area contributed by atoms with Crippen LogP contribution in [0.4, 0.5) is 11.4 Å². The maximum atomic E-state index is 12.7. The van der Waals surface area contributed by atoms with E-state index in [1.54, 1.807) is 0 Å². The number of benzene rings is 2. The van der Waals surface area contributed by atoms with Crippen molar-refractivity contribution in [3.63, 3.8) is 0 Å². The van der Waals surface area contributed by atoms with E-state index >= 15 is 0 Å². The Morgan fingerprint density at radius 3 is 2.42 bits per heavy atom. The van der Waals surface area contributed by atoms with Gasteiger partial charge in [-0.1, -0.05) is 18.2 Å². The minimum absolute atomic E-state index is 0.0650. The van der Waals surface area contributed by atoms with Crippen LogP contribution in [-0.4, -0.2) is 82.4 Å². The second kappa shape index (κ2) is 12.0. The summed E-state index contributed by atoms with van der Waals surface area (Å²) in [5.41, 5.74) is 0.809. The molecule has 1 heterocycles. The molecule has 178 valence electrons. The van der Waals surface area contributed by atoms with E-state index in [0.717, 1.165) is 26.2 Å². The number of nitrogens with zero attached hydrogens (tertiary/aromatic N) is 3. The van der Waals surface area contributed by atoms with E-state index in [0.29, 0.717) is 19.7 Å². The van der Waals surface area contributed by atoms with E-state index in [-0.39, 0.29) is 29.4 Å². The van der Waals surface area contributed by atoms with E-state index in [1.165, 1.54) is 32.0 Å². The minimum atomic E-state index is -0.597. The minimum Gasteiger partial charge on any atom is -0.493 e. The van der Waals surface area contributed by atoms with Gasteiger partial charge in [0.15, 0.2) is 11.5 Å². The zero-order chi connectivity index (χ0) is 23.6. The van der Waals surface area contributed by atoms with Crippen LogP contribution in [0.15, 0.2) is 42.5 Å². The molecule has 2 aromatic carbocycles. The molecular formula is C23H30N4O6. The third-order valence-electron chi connectivity index (χ3n) is 5.48. The third kappa shape index (κ3) is 6.56. The lowest BCUT2D eigenvalue weighted by molar-refractivity contribution is -0.385. The SMILES string of the molecule is COCCOc1cc([N+](=O)[O-])c(C(=O)NCCN2CCN(c3ccccc3)CC2)cc1OC. The largest absolute Gasteiger partial charge is 0.493 e. The predicted octanol–water partition coefficient (Wildman–Crippen LogP) is 2.18. The van der Waals surface area contributed by atoms with Crippen LogP contribution in [0.2, 0.25) is 0 Å². The van der Waals surface area contributed by atoms with Crippen LogP contribution < -0.4 is 19.7 Å². The van der Waals surface area contributed by atoms with Crippen molar-refractivity contribution in [3.8, 4) is 11.5 Å². The quantitative estimate of drug-likeness (QED) is 0.310. The van der Waals surface area contributed by atoms with Gasteiger partial charge in [0.05, 0.1) is 24.7 Å². The summed E-state index contributed by atoms with van der Waals surface area (Å²) in [4.78, 5) is 28.3. The Labute approximate surface area is 193 Å². The predicted molar refractivity (Wildman–Crippen MR) is 124 cm³/mol. The summed E-state index contributed by atoms with van der Waals surface area (Å²) in [5, 5.41) is 14.4. The smallest absolute Gasteiger partial charge is 0.286 e. The number of para-hydroxylation sites is 1. The fraction of sp³-hybridized carbons (Fsp3) is 0.435. The Morgan fingerprint density at radius 2 is 1.79 bits per heavy atom. The van der Waals surface area contributed by atoms with Crippen molar-refractivity contribution < 1.29 is 23.9 Å². The molecule has 1 aliphatic heterocycles.